The number of fused-ring (bicyclic) bond motifs is 3. The number of nitrogens with two attached hydrogens (primary N) is 1. The molecule has 6 nitrogen and oxygen atoms in total. The molecule has 0 saturated carbocycles. The smallest absolute Gasteiger partial charge is 0.290 e. The van der Waals surface area contributed by atoms with Crippen molar-refractivity contribution in [2.24, 2.45) is 0 Å². The summed E-state index contributed by atoms with van der Waals surface area (Å²) in [6.45, 7) is 0.580. The van der Waals surface area contributed by atoms with Gasteiger partial charge in [0.25, 0.3) is 5.91 Å². The fourth-order valence-corrected chi connectivity index (χ4v) is 4.89. The van der Waals surface area contributed by atoms with Crippen molar-refractivity contribution in [2.75, 3.05) is 24.3 Å². The van der Waals surface area contributed by atoms with Crippen LogP contribution < -0.4 is 11.1 Å². The van der Waals surface area contributed by atoms with Gasteiger partial charge in [-0.2, -0.15) is 0 Å². The zero-order chi connectivity index (χ0) is 24.2. The third-order valence-corrected chi connectivity index (χ3v) is 6.63. The predicted molar refractivity (Wildman–Crippen MR) is 137 cm³/mol. The van der Waals surface area contributed by atoms with Crippen LogP contribution in [0.3, 0.4) is 0 Å². The van der Waals surface area contributed by atoms with Gasteiger partial charge in [-0.25, -0.2) is 0 Å². The van der Waals surface area contributed by atoms with Gasteiger partial charge in [0.05, 0.1) is 18.0 Å². The molecule has 1 aliphatic heterocycles. The van der Waals surface area contributed by atoms with Crippen molar-refractivity contribution >= 4 is 17.3 Å². The number of ether oxygens (including phenoxy) is 2. The molecule has 35 heavy (non-hydrogen) atoms. The lowest BCUT2D eigenvalue weighted by atomic mass is 9.87. The maximum absolute atomic E-state index is 13.2. The quantitative estimate of drug-likeness (QED) is 0.249. The molecule has 6 heteroatoms. The number of anilines is 2. The van der Waals surface area contributed by atoms with E-state index < -0.39 is 6.29 Å². The van der Waals surface area contributed by atoms with Crippen molar-refractivity contribution in [1.82, 2.24) is 0 Å². The fraction of sp³-hybridized carbons (Fsp3) is 0.276. The number of aliphatic hydroxyl groups is 1. The van der Waals surface area contributed by atoms with Crippen molar-refractivity contribution in [1.29, 1.82) is 0 Å². The molecule has 1 amide bonds. The summed E-state index contributed by atoms with van der Waals surface area (Å²) >= 11 is 0. The molecular formula is C29H30N2O4. The molecule has 0 radical (unpaired) electrons. The van der Waals surface area contributed by atoms with E-state index in [-0.39, 0.29) is 24.2 Å². The van der Waals surface area contributed by atoms with Gasteiger partial charge in [0.15, 0.2) is 5.76 Å². The topological polar surface area (TPSA) is 93.8 Å². The molecular weight excluding hydrogens is 440 g/mol. The minimum absolute atomic E-state index is 0.0373. The van der Waals surface area contributed by atoms with Gasteiger partial charge in [0.2, 0.25) is 6.29 Å². The number of hydrogen-bond acceptors (Lipinski definition) is 5. The largest absolute Gasteiger partial charge is 0.459 e. The molecule has 0 fully saturated rings. The summed E-state index contributed by atoms with van der Waals surface area (Å²) in [5.74, 6) is -0.165. The lowest BCUT2D eigenvalue weighted by molar-refractivity contribution is -0.143. The third-order valence-electron chi connectivity index (χ3n) is 6.63. The fourth-order valence-electron chi connectivity index (χ4n) is 4.89. The van der Waals surface area contributed by atoms with E-state index in [4.69, 9.17) is 20.3 Å². The van der Waals surface area contributed by atoms with E-state index in [9.17, 15) is 4.79 Å². The number of para-hydroxylation sites is 2. The molecule has 1 heterocycles. The summed E-state index contributed by atoms with van der Waals surface area (Å²) in [7, 11) is 0. The van der Waals surface area contributed by atoms with Gasteiger partial charge < -0.3 is 25.6 Å². The Morgan fingerprint density at radius 3 is 2.69 bits per heavy atom. The van der Waals surface area contributed by atoms with Crippen molar-refractivity contribution in [2.45, 2.75) is 37.9 Å². The van der Waals surface area contributed by atoms with Gasteiger partial charge in [-0.05, 0) is 65.3 Å². The summed E-state index contributed by atoms with van der Waals surface area (Å²) in [4.78, 5) is 13.2. The molecule has 3 aromatic rings. The van der Waals surface area contributed by atoms with Crippen molar-refractivity contribution in [3.05, 3.63) is 95.3 Å². The SMILES string of the molecule is Nc1ccccc1NC(=O)C1=CC(c2cccc3c2Cc2ccccc2-3)CC(OCCCCO)O1. The van der Waals surface area contributed by atoms with Gasteiger partial charge in [-0.1, -0.05) is 54.6 Å². The summed E-state index contributed by atoms with van der Waals surface area (Å²) in [6, 6.07) is 22.0. The number of aliphatic hydroxyl groups excluding tert-OH is 1. The number of nitrogen functional groups attached to an aromatic ring is 1. The van der Waals surface area contributed by atoms with E-state index in [0.717, 1.165) is 12.8 Å². The van der Waals surface area contributed by atoms with Crippen LogP contribution in [0.5, 0.6) is 0 Å². The Kier molecular flexibility index (Phi) is 6.84. The second-order valence-corrected chi connectivity index (χ2v) is 8.97. The molecule has 2 atom stereocenters. The summed E-state index contributed by atoms with van der Waals surface area (Å²) in [5, 5.41) is 11.9. The molecule has 0 saturated heterocycles. The minimum atomic E-state index is -0.558. The zero-order valence-electron chi connectivity index (χ0n) is 19.6. The third kappa shape index (κ3) is 4.94. The van der Waals surface area contributed by atoms with E-state index in [1.807, 2.05) is 18.2 Å². The Balaban J connectivity index is 1.44. The summed E-state index contributed by atoms with van der Waals surface area (Å²) in [6.07, 6.45) is 4.21. The van der Waals surface area contributed by atoms with Crippen LogP contribution in [-0.2, 0) is 20.7 Å². The molecule has 5 rings (SSSR count). The molecule has 1 aliphatic carbocycles. The van der Waals surface area contributed by atoms with Gasteiger partial charge >= 0.3 is 0 Å². The van der Waals surface area contributed by atoms with Crippen molar-refractivity contribution in [3.8, 4) is 11.1 Å². The summed E-state index contributed by atoms with van der Waals surface area (Å²) in [5.41, 5.74) is 13.4. The molecule has 180 valence electrons. The number of rotatable bonds is 8. The van der Waals surface area contributed by atoms with Crippen LogP contribution in [0.4, 0.5) is 11.4 Å². The second kappa shape index (κ2) is 10.3. The number of carbonyl (C=O) groups is 1. The van der Waals surface area contributed by atoms with E-state index in [2.05, 4.69) is 47.8 Å². The van der Waals surface area contributed by atoms with E-state index in [1.165, 1.54) is 27.8 Å². The molecule has 3 aromatic carbocycles. The standard InChI is InChI=1S/C29H30N2O4/c30-25-12-3-4-13-26(25)31-29(33)27-17-20(18-28(35-27)34-15-6-5-14-32)22-10-7-11-23-21-9-2-1-8-19(21)16-24(22)23/h1-4,7-13,17,20,28,32H,5-6,14-16,18,30H2,(H,31,33). The van der Waals surface area contributed by atoms with Crippen LogP contribution in [0.2, 0.25) is 0 Å². The van der Waals surface area contributed by atoms with Crippen molar-refractivity contribution in [3.63, 3.8) is 0 Å². The maximum atomic E-state index is 13.2. The molecule has 2 unspecified atom stereocenters. The van der Waals surface area contributed by atoms with E-state index in [1.54, 1.807) is 12.1 Å². The van der Waals surface area contributed by atoms with Crippen LogP contribution in [0.1, 0.15) is 41.9 Å². The normalized spacial score (nSPS) is 18.3. The Bertz CT molecular complexity index is 1250. The van der Waals surface area contributed by atoms with Crippen LogP contribution in [0, 0.1) is 0 Å². The molecule has 4 N–H and O–H groups in total. The Morgan fingerprint density at radius 1 is 1.03 bits per heavy atom. The highest BCUT2D eigenvalue weighted by Gasteiger charge is 2.32. The average molecular weight is 471 g/mol. The molecule has 0 bridgehead atoms. The average Bonchev–Trinajstić information content (AvgIpc) is 3.27. The number of nitrogens with one attached hydrogen (secondary N) is 1. The monoisotopic (exact) mass is 470 g/mol. The zero-order valence-corrected chi connectivity index (χ0v) is 19.6. The Morgan fingerprint density at radius 2 is 1.83 bits per heavy atom. The van der Waals surface area contributed by atoms with E-state index in [0.29, 0.717) is 30.8 Å². The lowest BCUT2D eigenvalue weighted by Gasteiger charge is -2.30. The van der Waals surface area contributed by atoms with Crippen LogP contribution in [0.25, 0.3) is 11.1 Å². The molecule has 0 spiro atoms. The Hall–Kier alpha value is -3.61. The highest BCUT2D eigenvalue weighted by Crippen LogP contribution is 2.43. The van der Waals surface area contributed by atoms with E-state index >= 15 is 0 Å². The van der Waals surface area contributed by atoms with Crippen LogP contribution in [-0.4, -0.2) is 30.5 Å². The molecule has 0 aromatic heterocycles. The number of amides is 1. The van der Waals surface area contributed by atoms with Crippen molar-refractivity contribution < 1.29 is 19.4 Å². The maximum Gasteiger partial charge on any atom is 0.290 e. The second-order valence-electron chi connectivity index (χ2n) is 8.97. The van der Waals surface area contributed by atoms with Gasteiger partial charge in [0.1, 0.15) is 0 Å². The number of carbonyl (C=O) groups excluding carboxylic acids is 1. The van der Waals surface area contributed by atoms with Gasteiger partial charge in [-0.15, -0.1) is 0 Å². The first kappa shape index (κ1) is 23.1. The highest BCUT2D eigenvalue weighted by atomic mass is 16.7. The number of unbranched alkanes of at least 4 members (excludes halogenated alkanes) is 1. The highest BCUT2D eigenvalue weighted by molar-refractivity contribution is 6.04. The number of allylic oxidation sites excluding steroid dienone is 1. The van der Waals surface area contributed by atoms with Gasteiger partial charge in [0, 0.05) is 18.9 Å². The summed E-state index contributed by atoms with van der Waals surface area (Å²) < 4.78 is 12.0. The van der Waals surface area contributed by atoms with Gasteiger partial charge in [-0.3, -0.25) is 4.79 Å². The van der Waals surface area contributed by atoms with Crippen LogP contribution in [0.15, 0.2) is 78.6 Å². The number of hydrogen-bond donors (Lipinski definition) is 3. The number of benzene rings is 3. The predicted octanol–water partition coefficient (Wildman–Crippen LogP) is 4.98. The minimum Gasteiger partial charge on any atom is -0.459 e. The molecule has 2 aliphatic rings. The lowest BCUT2D eigenvalue weighted by Crippen LogP contribution is -2.30. The first-order valence-corrected chi connectivity index (χ1v) is 12.1. The Labute approximate surface area is 205 Å². The first-order valence-electron chi connectivity index (χ1n) is 12.1. The first-order chi connectivity index (χ1) is 17.1. The van der Waals surface area contributed by atoms with Crippen LogP contribution >= 0.6 is 0 Å².